The standard InChI is InChI=1S/C15H21N5O/c1-19-5-3-4-10(19)8-20(2)14-7-13-11(6-12(14)16)15(21)18-9-17-13/h6-7,9-10H,3-5,8,16H2,1-2H3,(H,17,18,21). The van der Waals surface area contributed by atoms with Gasteiger partial charge in [-0.05, 0) is 38.6 Å². The number of likely N-dealkylation sites (tertiary alicyclic amines) is 1. The van der Waals surface area contributed by atoms with Gasteiger partial charge in [-0.3, -0.25) is 4.79 Å². The highest BCUT2D eigenvalue weighted by molar-refractivity contribution is 5.88. The van der Waals surface area contributed by atoms with Gasteiger partial charge in [0.05, 0.1) is 28.6 Å². The minimum atomic E-state index is -0.156. The highest BCUT2D eigenvalue weighted by atomic mass is 16.1. The molecule has 0 bridgehead atoms. The quantitative estimate of drug-likeness (QED) is 0.825. The van der Waals surface area contributed by atoms with Crippen LogP contribution in [0.3, 0.4) is 0 Å². The molecule has 21 heavy (non-hydrogen) atoms. The number of aromatic nitrogens is 2. The maximum atomic E-state index is 11.8. The lowest BCUT2D eigenvalue weighted by molar-refractivity contribution is 0.314. The zero-order valence-electron chi connectivity index (χ0n) is 12.5. The van der Waals surface area contributed by atoms with Crippen molar-refractivity contribution < 1.29 is 0 Å². The van der Waals surface area contributed by atoms with E-state index in [9.17, 15) is 4.79 Å². The topological polar surface area (TPSA) is 78.2 Å². The molecule has 2 aromatic rings. The minimum Gasteiger partial charge on any atom is -0.397 e. The van der Waals surface area contributed by atoms with Crippen LogP contribution >= 0.6 is 0 Å². The van der Waals surface area contributed by atoms with Crippen molar-refractivity contribution in [3.8, 4) is 0 Å². The molecule has 1 unspecified atom stereocenters. The van der Waals surface area contributed by atoms with E-state index < -0.39 is 0 Å². The number of rotatable bonds is 3. The van der Waals surface area contributed by atoms with Crippen molar-refractivity contribution in [1.29, 1.82) is 0 Å². The van der Waals surface area contributed by atoms with Crippen LogP contribution in [-0.4, -0.2) is 48.1 Å². The molecule has 1 aromatic carbocycles. The van der Waals surface area contributed by atoms with Gasteiger partial charge in [-0.2, -0.15) is 0 Å². The van der Waals surface area contributed by atoms with Crippen LogP contribution in [-0.2, 0) is 0 Å². The smallest absolute Gasteiger partial charge is 0.258 e. The van der Waals surface area contributed by atoms with Crippen LogP contribution in [0.15, 0.2) is 23.3 Å². The Labute approximate surface area is 123 Å². The van der Waals surface area contributed by atoms with E-state index in [-0.39, 0.29) is 5.56 Å². The molecular weight excluding hydrogens is 266 g/mol. The number of hydrogen-bond donors (Lipinski definition) is 2. The summed E-state index contributed by atoms with van der Waals surface area (Å²) < 4.78 is 0. The van der Waals surface area contributed by atoms with E-state index in [4.69, 9.17) is 5.73 Å². The molecule has 1 fully saturated rings. The molecule has 6 heteroatoms. The first-order valence-electron chi connectivity index (χ1n) is 7.24. The summed E-state index contributed by atoms with van der Waals surface area (Å²) in [5.41, 5.74) is 8.20. The fraction of sp³-hybridized carbons (Fsp3) is 0.467. The van der Waals surface area contributed by atoms with Crippen molar-refractivity contribution in [3.05, 3.63) is 28.8 Å². The average molecular weight is 287 g/mol. The Morgan fingerprint density at radius 2 is 2.33 bits per heavy atom. The van der Waals surface area contributed by atoms with Crippen LogP contribution in [0, 0.1) is 0 Å². The van der Waals surface area contributed by atoms with Crippen LogP contribution in [0.1, 0.15) is 12.8 Å². The number of nitrogen functional groups attached to an aromatic ring is 1. The predicted molar refractivity (Wildman–Crippen MR) is 85.7 cm³/mol. The highest BCUT2D eigenvalue weighted by Gasteiger charge is 2.23. The molecule has 1 aliphatic rings. The van der Waals surface area contributed by atoms with Crippen LogP contribution in [0.4, 0.5) is 11.4 Å². The Morgan fingerprint density at radius 3 is 3.05 bits per heavy atom. The number of nitrogens with zero attached hydrogens (tertiary/aromatic N) is 3. The van der Waals surface area contributed by atoms with Crippen molar-refractivity contribution in [1.82, 2.24) is 14.9 Å². The monoisotopic (exact) mass is 287 g/mol. The second-order valence-electron chi connectivity index (χ2n) is 5.82. The summed E-state index contributed by atoms with van der Waals surface area (Å²) >= 11 is 0. The molecular formula is C15H21N5O. The van der Waals surface area contributed by atoms with Gasteiger partial charge in [0.2, 0.25) is 0 Å². The molecule has 1 atom stereocenters. The Morgan fingerprint density at radius 1 is 1.52 bits per heavy atom. The van der Waals surface area contributed by atoms with Crippen molar-refractivity contribution in [2.24, 2.45) is 0 Å². The van der Waals surface area contributed by atoms with E-state index >= 15 is 0 Å². The molecule has 112 valence electrons. The fourth-order valence-corrected chi connectivity index (χ4v) is 3.08. The zero-order valence-corrected chi connectivity index (χ0v) is 12.5. The first-order valence-corrected chi connectivity index (χ1v) is 7.24. The van der Waals surface area contributed by atoms with Gasteiger partial charge < -0.3 is 20.5 Å². The van der Waals surface area contributed by atoms with Crippen LogP contribution in [0.2, 0.25) is 0 Å². The first kappa shape index (κ1) is 13.9. The highest BCUT2D eigenvalue weighted by Crippen LogP contribution is 2.27. The van der Waals surface area contributed by atoms with E-state index in [1.807, 2.05) is 13.1 Å². The van der Waals surface area contributed by atoms with E-state index in [2.05, 4.69) is 26.8 Å². The number of aromatic amines is 1. The number of likely N-dealkylation sites (N-methyl/N-ethyl adjacent to an activating group) is 2. The van der Waals surface area contributed by atoms with Gasteiger partial charge in [-0.1, -0.05) is 0 Å². The van der Waals surface area contributed by atoms with Gasteiger partial charge in [0.25, 0.3) is 5.56 Å². The summed E-state index contributed by atoms with van der Waals surface area (Å²) in [6.07, 6.45) is 3.89. The third-order valence-corrected chi connectivity index (χ3v) is 4.36. The molecule has 0 aliphatic carbocycles. The maximum Gasteiger partial charge on any atom is 0.258 e. The second-order valence-corrected chi connectivity index (χ2v) is 5.82. The third kappa shape index (κ3) is 2.58. The number of nitrogens with two attached hydrogens (primary N) is 1. The normalized spacial score (nSPS) is 19.2. The summed E-state index contributed by atoms with van der Waals surface area (Å²) in [4.78, 5) is 23.1. The Balaban J connectivity index is 1.92. The first-order chi connectivity index (χ1) is 10.1. The lowest BCUT2D eigenvalue weighted by Crippen LogP contribution is -2.36. The summed E-state index contributed by atoms with van der Waals surface area (Å²) in [6.45, 7) is 2.08. The molecule has 0 saturated carbocycles. The second kappa shape index (κ2) is 5.37. The SMILES string of the molecule is CN(CC1CCCN1C)c1cc2nc[nH]c(=O)c2cc1N. The summed E-state index contributed by atoms with van der Waals surface area (Å²) in [7, 11) is 4.20. The number of fused-ring (bicyclic) bond motifs is 1. The van der Waals surface area contributed by atoms with Gasteiger partial charge in [0.15, 0.2) is 0 Å². The van der Waals surface area contributed by atoms with E-state index in [1.165, 1.54) is 19.2 Å². The predicted octanol–water partition coefficient (Wildman–Crippen LogP) is 1.04. The number of H-pyrrole nitrogens is 1. The molecule has 3 N–H and O–H groups in total. The van der Waals surface area contributed by atoms with Crippen LogP contribution in [0.25, 0.3) is 10.9 Å². The summed E-state index contributed by atoms with van der Waals surface area (Å²) in [5, 5.41) is 0.533. The molecule has 3 rings (SSSR count). The van der Waals surface area contributed by atoms with E-state index in [1.54, 1.807) is 6.07 Å². The number of hydrogen-bond acceptors (Lipinski definition) is 5. The minimum absolute atomic E-state index is 0.156. The summed E-state index contributed by atoms with van der Waals surface area (Å²) in [6, 6.07) is 4.16. The molecule has 0 amide bonds. The Bertz CT molecular complexity index is 711. The van der Waals surface area contributed by atoms with E-state index in [0.717, 1.165) is 18.8 Å². The lowest BCUT2D eigenvalue weighted by Gasteiger charge is -2.28. The van der Waals surface area contributed by atoms with Gasteiger partial charge in [0, 0.05) is 19.6 Å². The zero-order chi connectivity index (χ0) is 15.0. The maximum absolute atomic E-state index is 11.8. The molecule has 2 heterocycles. The average Bonchev–Trinajstić information content (AvgIpc) is 2.85. The molecule has 1 aliphatic heterocycles. The van der Waals surface area contributed by atoms with Crippen LogP contribution in [0.5, 0.6) is 0 Å². The Hall–Kier alpha value is -2.08. The van der Waals surface area contributed by atoms with Crippen molar-refractivity contribution in [3.63, 3.8) is 0 Å². The number of nitrogens with one attached hydrogen (secondary N) is 1. The molecule has 1 saturated heterocycles. The summed E-state index contributed by atoms with van der Waals surface area (Å²) in [5.74, 6) is 0. The van der Waals surface area contributed by atoms with Crippen molar-refractivity contribution in [2.75, 3.05) is 37.8 Å². The lowest BCUT2D eigenvalue weighted by atomic mass is 10.1. The van der Waals surface area contributed by atoms with Gasteiger partial charge in [0.1, 0.15) is 0 Å². The van der Waals surface area contributed by atoms with Gasteiger partial charge >= 0.3 is 0 Å². The third-order valence-electron chi connectivity index (χ3n) is 4.36. The fourth-order valence-electron chi connectivity index (χ4n) is 3.08. The Kier molecular flexibility index (Phi) is 3.55. The van der Waals surface area contributed by atoms with Crippen LogP contribution < -0.4 is 16.2 Å². The largest absolute Gasteiger partial charge is 0.397 e. The molecule has 6 nitrogen and oxygen atoms in total. The molecule has 0 radical (unpaired) electrons. The number of benzene rings is 1. The molecule has 1 aromatic heterocycles. The van der Waals surface area contributed by atoms with Gasteiger partial charge in [-0.25, -0.2) is 4.98 Å². The number of anilines is 2. The molecule has 0 spiro atoms. The van der Waals surface area contributed by atoms with Crippen molar-refractivity contribution in [2.45, 2.75) is 18.9 Å². The van der Waals surface area contributed by atoms with E-state index in [0.29, 0.717) is 22.6 Å². The van der Waals surface area contributed by atoms with Gasteiger partial charge in [-0.15, -0.1) is 0 Å². The van der Waals surface area contributed by atoms with Crippen molar-refractivity contribution >= 4 is 22.3 Å².